The molecule has 1 aromatic heterocycles. The Balaban J connectivity index is 1.44. The molecule has 1 unspecified atom stereocenters. The number of aromatic nitrogens is 2. The maximum absolute atomic E-state index is 11.8. The van der Waals surface area contributed by atoms with Crippen LogP contribution in [0.3, 0.4) is 0 Å². The van der Waals surface area contributed by atoms with E-state index in [1.165, 1.54) is 0 Å². The average molecular weight is 551 g/mol. The van der Waals surface area contributed by atoms with Crippen molar-refractivity contribution < 1.29 is 24.1 Å². The Hall–Kier alpha value is -4.12. The van der Waals surface area contributed by atoms with Gasteiger partial charge in [-0.15, -0.1) is 0 Å². The van der Waals surface area contributed by atoms with Crippen LogP contribution in [0.4, 0.5) is 16.2 Å². The molecule has 11 nitrogen and oxygen atoms in total. The first-order valence-corrected chi connectivity index (χ1v) is 13.3. The van der Waals surface area contributed by atoms with Gasteiger partial charge in [-0.25, -0.2) is 9.78 Å². The molecule has 2 heterocycles. The van der Waals surface area contributed by atoms with Crippen molar-refractivity contribution in [1.82, 2.24) is 20.3 Å². The maximum Gasteiger partial charge on any atom is 0.407 e. The average Bonchev–Trinajstić information content (AvgIpc) is 3.41. The molecule has 0 fully saturated rings. The number of nitrogens with one attached hydrogen (secondary N) is 1. The molecule has 214 valence electrons. The number of amides is 1. The van der Waals surface area contributed by atoms with Gasteiger partial charge in [0.15, 0.2) is 0 Å². The van der Waals surface area contributed by atoms with Crippen LogP contribution in [-0.2, 0) is 4.74 Å². The van der Waals surface area contributed by atoms with E-state index < -0.39 is 11.7 Å². The first-order valence-electron chi connectivity index (χ1n) is 13.3. The van der Waals surface area contributed by atoms with Crippen LogP contribution >= 0.6 is 0 Å². The summed E-state index contributed by atoms with van der Waals surface area (Å²) in [4.78, 5) is 23.4. The fraction of sp³-hybridized carbons (Fsp3) is 0.448. The largest absolute Gasteiger partial charge is 0.497 e. The van der Waals surface area contributed by atoms with Crippen molar-refractivity contribution in [2.24, 2.45) is 5.10 Å². The molecule has 0 spiro atoms. The van der Waals surface area contributed by atoms with Crippen molar-refractivity contribution in [3.63, 3.8) is 0 Å². The summed E-state index contributed by atoms with van der Waals surface area (Å²) in [6, 6.07) is 11.5. The standard InChI is InChI=1S/C29H38N6O5/c1-29(2,3)40-28(37)30-9-6-10-34-19-20(17-32-34)27-18-31-25-8-7-21(15-26(25)33-27)35(11-12-36)22-13-23(38-4)16-24(14-22)39-5/h7-8,13-18,20,36H,6,9-12,19H2,1-5H3,(H,30,37). The fourth-order valence-corrected chi connectivity index (χ4v) is 4.40. The molecular formula is C29H38N6O5. The van der Waals surface area contributed by atoms with Crippen molar-refractivity contribution in [3.05, 3.63) is 48.3 Å². The smallest absolute Gasteiger partial charge is 0.407 e. The van der Waals surface area contributed by atoms with Crippen LogP contribution in [0, 0.1) is 0 Å². The Kier molecular flexibility index (Phi) is 9.26. The number of anilines is 2. The summed E-state index contributed by atoms with van der Waals surface area (Å²) in [5.74, 6) is 1.33. The van der Waals surface area contributed by atoms with E-state index in [1.807, 2.05) is 73.3 Å². The Labute approximate surface area is 234 Å². The zero-order valence-corrected chi connectivity index (χ0v) is 23.8. The number of hydrogen-bond acceptors (Lipinski definition) is 10. The number of hydrogen-bond donors (Lipinski definition) is 2. The lowest BCUT2D eigenvalue weighted by atomic mass is 10.1. The molecule has 0 radical (unpaired) electrons. The number of nitrogens with zero attached hydrogens (tertiary/aromatic N) is 5. The van der Waals surface area contributed by atoms with Crippen molar-refractivity contribution in [1.29, 1.82) is 0 Å². The normalized spacial score (nSPS) is 14.8. The van der Waals surface area contributed by atoms with Crippen LogP contribution in [0.25, 0.3) is 11.0 Å². The molecule has 0 aliphatic carbocycles. The number of aliphatic hydroxyl groups is 1. The van der Waals surface area contributed by atoms with Crippen molar-refractivity contribution in [3.8, 4) is 11.5 Å². The second-order valence-corrected chi connectivity index (χ2v) is 10.5. The van der Waals surface area contributed by atoms with Crippen LogP contribution in [0.5, 0.6) is 11.5 Å². The third-order valence-corrected chi connectivity index (χ3v) is 6.29. The Morgan fingerprint density at radius 2 is 1.85 bits per heavy atom. The molecule has 1 aliphatic rings. The number of methoxy groups -OCH3 is 2. The van der Waals surface area contributed by atoms with Crippen LogP contribution in [-0.4, -0.2) is 85.0 Å². The van der Waals surface area contributed by atoms with Gasteiger partial charge in [0.05, 0.1) is 43.5 Å². The highest BCUT2D eigenvalue weighted by atomic mass is 16.6. The Bertz CT molecular complexity index is 1320. The Morgan fingerprint density at radius 1 is 1.10 bits per heavy atom. The van der Waals surface area contributed by atoms with Gasteiger partial charge in [0, 0.05) is 68.2 Å². The number of ether oxygens (including phenoxy) is 3. The van der Waals surface area contributed by atoms with Gasteiger partial charge in [-0.05, 0) is 45.4 Å². The number of carbonyl (C=O) groups is 1. The summed E-state index contributed by atoms with van der Waals surface area (Å²) in [5, 5.41) is 19.1. The molecule has 0 saturated carbocycles. The van der Waals surface area contributed by atoms with E-state index in [0.29, 0.717) is 37.7 Å². The summed E-state index contributed by atoms with van der Waals surface area (Å²) in [7, 11) is 3.22. The third kappa shape index (κ3) is 7.50. The second-order valence-electron chi connectivity index (χ2n) is 10.5. The Morgan fingerprint density at radius 3 is 2.52 bits per heavy atom. The number of carbonyl (C=O) groups excluding carboxylic acids is 1. The summed E-state index contributed by atoms with van der Waals surface area (Å²) < 4.78 is 16.1. The van der Waals surface area contributed by atoms with E-state index >= 15 is 0 Å². The third-order valence-electron chi connectivity index (χ3n) is 6.29. The second kappa shape index (κ2) is 12.8. The van der Waals surface area contributed by atoms with Crippen molar-refractivity contribution in [2.45, 2.75) is 38.7 Å². The van der Waals surface area contributed by atoms with Crippen LogP contribution < -0.4 is 19.7 Å². The van der Waals surface area contributed by atoms with Gasteiger partial charge in [-0.3, -0.25) is 9.99 Å². The van der Waals surface area contributed by atoms with Crippen LogP contribution in [0.15, 0.2) is 47.7 Å². The highest BCUT2D eigenvalue weighted by Crippen LogP contribution is 2.34. The fourth-order valence-electron chi connectivity index (χ4n) is 4.40. The van der Waals surface area contributed by atoms with Crippen LogP contribution in [0.2, 0.25) is 0 Å². The molecule has 40 heavy (non-hydrogen) atoms. The summed E-state index contributed by atoms with van der Waals surface area (Å²) >= 11 is 0. The molecule has 4 rings (SSSR count). The number of hydrazone groups is 1. The minimum Gasteiger partial charge on any atom is -0.497 e. The van der Waals surface area contributed by atoms with Crippen molar-refractivity contribution in [2.75, 3.05) is 51.9 Å². The van der Waals surface area contributed by atoms with E-state index in [9.17, 15) is 9.90 Å². The lowest BCUT2D eigenvalue weighted by Crippen LogP contribution is -2.34. The zero-order valence-electron chi connectivity index (χ0n) is 23.8. The molecule has 3 aromatic rings. The molecule has 2 aromatic carbocycles. The lowest BCUT2D eigenvalue weighted by Gasteiger charge is -2.25. The monoisotopic (exact) mass is 550 g/mol. The number of fused-ring (bicyclic) bond motifs is 1. The first kappa shape index (κ1) is 28.9. The number of alkyl carbamates (subject to hydrolysis) is 1. The lowest BCUT2D eigenvalue weighted by molar-refractivity contribution is 0.0525. The van der Waals surface area contributed by atoms with E-state index in [1.54, 1.807) is 20.4 Å². The number of rotatable bonds is 11. The van der Waals surface area contributed by atoms with Gasteiger partial charge in [0.2, 0.25) is 0 Å². The zero-order chi connectivity index (χ0) is 28.7. The van der Waals surface area contributed by atoms with Gasteiger partial charge < -0.3 is 29.5 Å². The highest BCUT2D eigenvalue weighted by Gasteiger charge is 2.22. The molecule has 1 atom stereocenters. The number of benzene rings is 2. The minimum atomic E-state index is -0.516. The maximum atomic E-state index is 11.8. The summed E-state index contributed by atoms with van der Waals surface area (Å²) in [6.07, 6.45) is 4.02. The van der Waals surface area contributed by atoms with E-state index in [4.69, 9.17) is 19.2 Å². The molecular weight excluding hydrogens is 512 g/mol. The molecule has 11 heteroatoms. The highest BCUT2D eigenvalue weighted by molar-refractivity contribution is 5.82. The van der Waals surface area contributed by atoms with Gasteiger partial charge >= 0.3 is 6.09 Å². The molecule has 0 bridgehead atoms. The van der Waals surface area contributed by atoms with Crippen LogP contribution in [0.1, 0.15) is 38.8 Å². The van der Waals surface area contributed by atoms with Gasteiger partial charge in [-0.2, -0.15) is 5.10 Å². The van der Waals surface area contributed by atoms with Crippen molar-refractivity contribution >= 4 is 34.7 Å². The number of aliphatic hydroxyl groups excluding tert-OH is 1. The minimum absolute atomic E-state index is 0.00978. The van der Waals surface area contributed by atoms with E-state index in [2.05, 4.69) is 15.4 Å². The van der Waals surface area contributed by atoms with Gasteiger partial charge in [0.1, 0.15) is 17.1 Å². The molecule has 0 saturated heterocycles. The van der Waals surface area contributed by atoms with E-state index in [0.717, 1.165) is 34.5 Å². The SMILES string of the molecule is COc1cc(OC)cc(N(CCO)c2ccc3ncc(C4C=NN(CCCNC(=O)OC(C)(C)C)C4)nc3c2)c1. The predicted molar refractivity (Wildman–Crippen MR) is 155 cm³/mol. The molecule has 1 amide bonds. The van der Waals surface area contributed by atoms with E-state index in [-0.39, 0.29) is 12.5 Å². The van der Waals surface area contributed by atoms with Gasteiger partial charge in [0.25, 0.3) is 0 Å². The molecule has 1 aliphatic heterocycles. The first-order chi connectivity index (χ1) is 19.2. The predicted octanol–water partition coefficient (Wildman–Crippen LogP) is 4.08. The molecule has 2 N–H and O–H groups in total. The topological polar surface area (TPSA) is 122 Å². The summed E-state index contributed by atoms with van der Waals surface area (Å²) in [5.41, 5.74) is 3.54. The summed E-state index contributed by atoms with van der Waals surface area (Å²) in [6.45, 7) is 7.75. The quantitative estimate of drug-likeness (QED) is 0.340. The van der Waals surface area contributed by atoms with Gasteiger partial charge in [-0.1, -0.05) is 0 Å².